The monoisotopic (exact) mass is 303 g/mol. The second kappa shape index (κ2) is 6.16. The summed E-state index contributed by atoms with van der Waals surface area (Å²) in [6, 6.07) is 2.23. The Morgan fingerprint density at radius 1 is 1.50 bits per heavy atom. The van der Waals surface area contributed by atoms with Crippen LogP contribution in [0.1, 0.15) is 12.5 Å². The molecule has 0 aromatic heterocycles. The highest BCUT2D eigenvalue weighted by Crippen LogP contribution is 2.28. The van der Waals surface area contributed by atoms with Crippen molar-refractivity contribution in [3.63, 3.8) is 0 Å². The number of aryl methyl sites for hydroxylation is 1. The SMILES string of the molecule is COC(C)CNS(=O)(=O)c1cc([N+](=O)[O-])c(N)cc1C. The van der Waals surface area contributed by atoms with Gasteiger partial charge < -0.3 is 10.5 Å². The molecule has 1 aromatic carbocycles. The quantitative estimate of drug-likeness (QED) is 0.455. The first kappa shape index (κ1) is 16.3. The summed E-state index contributed by atoms with van der Waals surface area (Å²) in [5.74, 6) is 0. The van der Waals surface area contributed by atoms with E-state index in [-0.39, 0.29) is 23.2 Å². The summed E-state index contributed by atoms with van der Waals surface area (Å²) < 4.78 is 31.5. The van der Waals surface area contributed by atoms with Gasteiger partial charge in [0, 0.05) is 19.7 Å². The fraction of sp³-hybridized carbons (Fsp3) is 0.455. The minimum absolute atomic E-state index is 0.0659. The number of methoxy groups -OCH3 is 1. The number of anilines is 1. The van der Waals surface area contributed by atoms with Gasteiger partial charge >= 0.3 is 0 Å². The van der Waals surface area contributed by atoms with E-state index < -0.39 is 20.6 Å². The molecule has 20 heavy (non-hydrogen) atoms. The van der Waals surface area contributed by atoms with Crippen LogP contribution in [0.3, 0.4) is 0 Å². The molecule has 0 heterocycles. The molecule has 3 N–H and O–H groups in total. The molecule has 0 bridgehead atoms. The number of sulfonamides is 1. The van der Waals surface area contributed by atoms with Gasteiger partial charge in [-0.1, -0.05) is 0 Å². The van der Waals surface area contributed by atoms with Crippen LogP contribution in [0.2, 0.25) is 0 Å². The first-order valence-electron chi connectivity index (χ1n) is 5.76. The number of nitrogen functional groups attached to an aromatic ring is 1. The van der Waals surface area contributed by atoms with Crippen molar-refractivity contribution in [2.45, 2.75) is 24.8 Å². The van der Waals surface area contributed by atoms with Crippen molar-refractivity contribution < 1.29 is 18.1 Å². The standard InChI is InChI=1S/C11H17N3O5S/c1-7-4-9(12)10(14(15)16)5-11(7)20(17,18)13-6-8(2)19-3/h4-5,8,13H,6,12H2,1-3H3. The van der Waals surface area contributed by atoms with Gasteiger partial charge in [-0.3, -0.25) is 10.1 Å². The Morgan fingerprint density at radius 3 is 2.60 bits per heavy atom. The number of nitro groups is 1. The molecule has 1 aromatic rings. The lowest BCUT2D eigenvalue weighted by Crippen LogP contribution is -2.32. The Morgan fingerprint density at radius 2 is 2.10 bits per heavy atom. The van der Waals surface area contributed by atoms with Gasteiger partial charge in [-0.25, -0.2) is 13.1 Å². The molecule has 0 aliphatic rings. The molecular formula is C11H17N3O5S. The first-order valence-corrected chi connectivity index (χ1v) is 7.24. The summed E-state index contributed by atoms with van der Waals surface area (Å²) >= 11 is 0. The maximum atomic E-state index is 12.1. The topological polar surface area (TPSA) is 125 Å². The van der Waals surface area contributed by atoms with Gasteiger partial charge in [-0.15, -0.1) is 0 Å². The lowest BCUT2D eigenvalue weighted by atomic mass is 10.2. The number of benzene rings is 1. The molecule has 0 amide bonds. The second-order valence-corrected chi connectivity index (χ2v) is 6.07. The Hall–Kier alpha value is -1.71. The molecule has 8 nitrogen and oxygen atoms in total. The summed E-state index contributed by atoms with van der Waals surface area (Å²) in [7, 11) is -2.40. The molecule has 1 rings (SSSR count). The van der Waals surface area contributed by atoms with Crippen molar-refractivity contribution in [1.82, 2.24) is 4.72 Å². The lowest BCUT2D eigenvalue weighted by Gasteiger charge is -2.13. The van der Waals surface area contributed by atoms with E-state index in [1.165, 1.54) is 20.1 Å². The summed E-state index contributed by atoms with van der Waals surface area (Å²) in [4.78, 5) is 9.93. The largest absolute Gasteiger partial charge is 0.393 e. The highest BCUT2D eigenvalue weighted by molar-refractivity contribution is 7.89. The van der Waals surface area contributed by atoms with E-state index in [1.54, 1.807) is 6.92 Å². The van der Waals surface area contributed by atoms with Crippen LogP contribution in [0.15, 0.2) is 17.0 Å². The van der Waals surface area contributed by atoms with Crippen LogP contribution >= 0.6 is 0 Å². The molecule has 1 unspecified atom stereocenters. The summed E-state index contributed by atoms with van der Waals surface area (Å²) in [6.45, 7) is 3.28. The molecule has 0 radical (unpaired) electrons. The molecule has 0 aliphatic carbocycles. The summed E-state index contributed by atoms with van der Waals surface area (Å²) in [6.07, 6.45) is -0.311. The van der Waals surface area contributed by atoms with Gasteiger partial charge in [-0.05, 0) is 25.5 Å². The third-order valence-corrected chi connectivity index (χ3v) is 4.34. The fourth-order valence-electron chi connectivity index (χ4n) is 1.54. The van der Waals surface area contributed by atoms with Crippen LogP contribution < -0.4 is 10.5 Å². The zero-order chi connectivity index (χ0) is 15.5. The average molecular weight is 303 g/mol. The number of hydrogen-bond acceptors (Lipinski definition) is 6. The number of hydrogen-bond donors (Lipinski definition) is 2. The van der Waals surface area contributed by atoms with Crippen LogP contribution in [-0.4, -0.2) is 33.1 Å². The van der Waals surface area contributed by atoms with E-state index in [1.807, 2.05) is 0 Å². The molecule has 112 valence electrons. The van der Waals surface area contributed by atoms with Gasteiger partial charge in [0.25, 0.3) is 5.69 Å². The lowest BCUT2D eigenvalue weighted by molar-refractivity contribution is -0.384. The van der Waals surface area contributed by atoms with Crippen LogP contribution in [-0.2, 0) is 14.8 Å². The van der Waals surface area contributed by atoms with Crippen molar-refractivity contribution in [2.24, 2.45) is 0 Å². The van der Waals surface area contributed by atoms with Crippen LogP contribution in [0.4, 0.5) is 11.4 Å². The minimum Gasteiger partial charge on any atom is -0.393 e. The molecule has 0 fully saturated rings. The van der Waals surface area contributed by atoms with Gasteiger partial charge in [0.05, 0.1) is 15.9 Å². The third-order valence-electron chi connectivity index (χ3n) is 2.77. The van der Waals surface area contributed by atoms with E-state index in [0.29, 0.717) is 5.56 Å². The number of nitro benzene ring substituents is 1. The van der Waals surface area contributed by atoms with E-state index in [0.717, 1.165) is 6.07 Å². The van der Waals surface area contributed by atoms with E-state index >= 15 is 0 Å². The second-order valence-electron chi connectivity index (χ2n) is 4.33. The summed E-state index contributed by atoms with van der Waals surface area (Å²) in [5.41, 5.74) is 5.33. The number of ether oxygens (including phenoxy) is 1. The Balaban J connectivity index is 3.18. The van der Waals surface area contributed by atoms with Crippen molar-refractivity contribution in [2.75, 3.05) is 19.4 Å². The molecule has 0 saturated heterocycles. The Bertz CT molecular complexity index is 615. The predicted octanol–water partition coefficient (Wildman–Crippen LogP) is 0.799. The highest BCUT2D eigenvalue weighted by atomic mass is 32.2. The number of rotatable bonds is 6. The predicted molar refractivity (Wildman–Crippen MR) is 73.9 cm³/mol. The highest BCUT2D eigenvalue weighted by Gasteiger charge is 2.23. The smallest absolute Gasteiger partial charge is 0.293 e. The molecule has 9 heteroatoms. The zero-order valence-electron chi connectivity index (χ0n) is 11.4. The first-order chi connectivity index (χ1) is 9.19. The Kier molecular flexibility index (Phi) is 5.03. The molecule has 1 atom stereocenters. The number of nitrogens with two attached hydrogens (primary N) is 1. The van der Waals surface area contributed by atoms with Crippen molar-refractivity contribution in [3.05, 3.63) is 27.8 Å². The van der Waals surface area contributed by atoms with Crippen LogP contribution in [0.5, 0.6) is 0 Å². The van der Waals surface area contributed by atoms with Gasteiger partial charge in [0.15, 0.2) is 0 Å². The molecular weight excluding hydrogens is 286 g/mol. The number of nitrogens with zero attached hydrogens (tertiary/aromatic N) is 1. The fourth-order valence-corrected chi connectivity index (χ4v) is 2.89. The maximum absolute atomic E-state index is 12.1. The van der Waals surface area contributed by atoms with Crippen LogP contribution in [0.25, 0.3) is 0 Å². The van der Waals surface area contributed by atoms with Gasteiger partial charge in [0.1, 0.15) is 5.69 Å². The van der Waals surface area contributed by atoms with Crippen molar-refractivity contribution in [3.8, 4) is 0 Å². The Labute approximate surface area is 117 Å². The molecule has 0 saturated carbocycles. The summed E-state index contributed by atoms with van der Waals surface area (Å²) in [5, 5.41) is 10.8. The zero-order valence-corrected chi connectivity index (χ0v) is 12.2. The van der Waals surface area contributed by atoms with E-state index in [2.05, 4.69) is 4.72 Å². The third kappa shape index (κ3) is 3.65. The minimum atomic E-state index is -3.86. The molecule has 0 spiro atoms. The van der Waals surface area contributed by atoms with Crippen molar-refractivity contribution >= 4 is 21.4 Å². The normalized spacial score (nSPS) is 13.2. The maximum Gasteiger partial charge on any atom is 0.293 e. The molecule has 0 aliphatic heterocycles. The van der Waals surface area contributed by atoms with Crippen LogP contribution in [0, 0.1) is 17.0 Å². The number of nitrogens with one attached hydrogen (secondary N) is 1. The average Bonchev–Trinajstić information content (AvgIpc) is 2.35. The van der Waals surface area contributed by atoms with Gasteiger partial charge in [0.2, 0.25) is 10.0 Å². The van der Waals surface area contributed by atoms with E-state index in [9.17, 15) is 18.5 Å². The van der Waals surface area contributed by atoms with Gasteiger partial charge in [-0.2, -0.15) is 0 Å². The van der Waals surface area contributed by atoms with Crippen molar-refractivity contribution in [1.29, 1.82) is 0 Å². The van der Waals surface area contributed by atoms with E-state index in [4.69, 9.17) is 10.5 Å².